The summed E-state index contributed by atoms with van der Waals surface area (Å²) in [5, 5.41) is 0. The van der Waals surface area contributed by atoms with Crippen LogP contribution in [-0.4, -0.2) is 31.4 Å². The van der Waals surface area contributed by atoms with Crippen molar-refractivity contribution in [3.8, 4) is 11.5 Å². The van der Waals surface area contributed by atoms with E-state index in [1.807, 2.05) is 18.2 Å². The first-order valence-corrected chi connectivity index (χ1v) is 11.7. The number of esters is 1. The Labute approximate surface area is 190 Å². The summed E-state index contributed by atoms with van der Waals surface area (Å²) in [5.74, 6) is 1.70. The first kappa shape index (κ1) is 22.4. The molecular formula is C27H33NO4. The molecular weight excluding hydrogens is 402 g/mol. The van der Waals surface area contributed by atoms with E-state index in [9.17, 15) is 9.59 Å². The van der Waals surface area contributed by atoms with Crippen LogP contribution in [0.3, 0.4) is 0 Å². The topological polar surface area (TPSA) is 55.8 Å². The van der Waals surface area contributed by atoms with Gasteiger partial charge in [-0.2, -0.15) is 0 Å². The highest BCUT2D eigenvalue weighted by Gasteiger charge is 2.39. The number of Topliss-reactive ketones (excluding diaryl/α,β-unsaturated/α-hetero) is 1. The van der Waals surface area contributed by atoms with Crippen molar-refractivity contribution in [3.05, 3.63) is 53.6 Å². The number of ketones is 1. The molecule has 0 bridgehead atoms. The third kappa shape index (κ3) is 5.14. The van der Waals surface area contributed by atoms with Gasteiger partial charge in [0.25, 0.3) is 0 Å². The van der Waals surface area contributed by atoms with Gasteiger partial charge in [0.15, 0.2) is 0 Å². The average Bonchev–Trinajstić information content (AvgIpc) is 2.75. The van der Waals surface area contributed by atoms with Crippen LogP contribution in [-0.2, 0) is 16.0 Å². The van der Waals surface area contributed by atoms with Gasteiger partial charge in [-0.15, -0.1) is 0 Å². The lowest BCUT2D eigenvalue weighted by Gasteiger charge is -2.42. The number of fused-ring (bicyclic) bond motifs is 3. The number of nitrogens with zero attached hydrogens (tertiary/aromatic N) is 1. The number of hydrogen-bond acceptors (Lipinski definition) is 5. The predicted molar refractivity (Wildman–Crippen MR) is 126 cm³/mol. The van der Waals surface area contributed by atoms with E-state index in [1.54, 1.807) is 0 Å². The number of anilines is 1. The minimum absolute atomic E-state index is 0.0415. The molecule has 3 unspecified atom stereocenters. The van der Waals surface area contributed by atoms with Crippen LogP contribution in [0.5, 0.6) is 11.5 Å². The first-order chi connectivity index (χ1) is 15.4. The van der Waals surface area contributed by atoms with Gasteiger partial charge >= 0.3 is 5.97 Å². The fraction of sp³-hybridized carbons (Fsp3) is 0.481. The smallest absolute Gasteiger partial charge is 0.308 e. The average molecular weight is 436 g/mol. The van der Waals surface area contributed by atoms with Crippen LogP contribution in [0.15, 0.2) is 42.5 Å². The molecule has 32 heavy (non-hydrogen) atoms. The maximum atomic E-state index is 12.2. The van der Waals surface area contributed by atoms with E-state index in [2.05, 4.69) is 43.1 Å². The summed E-state index contributed by atoms with van der Waals surface area (Å²) in [6, 6.07) is 14.4. The molecule has 0 saturated heterocycles. The summed E-state index contributed by atoms with van der Waals surface area (Å²) in [4.78, 5) is 26.3. The Hall–Kier alpha value is -2.82. The second-order valence-electron chi connectivity index (χ2n) is 9.28. The van der Waals surface area contributed by atoms with Gasteiger partial charge in [0, 0.05) is 62.7 Å². The molecule has 1 aliphatic heterocycles. The molecule has 0 amide bonds. The van der Waals surface area contributed by atoms with Gasteiger partial charge in [-0.3, -0.25) is 9.59 Å². The van der Waals surface area contributed by atoms with Gasteiger partial charge in [0.05, 0.1) is 6.10 Å². The molecule has 5 nitrogen and oxygen atoms in total. The molecule has 0 spiro atoms. The van der Waals surface area contributed by atoms with Gasteiger partial charge in [-0.1, -0.05) is 30.3 Å². The molecule has 1 saturated carbocycles. The van der Waals surface area contributed by atoms with Crippen molar-refractivity contribution in [2.75, 3.05) is 18.5 Å². The van der Waals surface area contributed by atoms with Crippen LogP contribution in [0, 0.1) is 5.92 Å². The van der Waals surface area contributed by atoms with E-state index in [0.717, 1.165) is 43.5 Å². The Morgan fingerprint density at radius 2 is 2.00 bits per heavy atom. The number of carbonyl (C=O) groups excluding carboxylic acids is 2. The molecule has 5 heteroatoms. The predicted octanol–water partition coefficient (Wildman–Crippen LogP) is 5.30. The molecule has 1 aliphatic carbocycles. The zero-order valence-corrected chi connectivity index (χ0v) is 19.3. The summed E-state index contributed by atoms with van der Waals surface area (Å²) < 4.78 is 11.9. The fourth-order valence-electron chi connectivity index (χ4n) is 5.18. The second kappa shape index (κ2) is 9.76. The Morgan fingerprint density at radius 1 is 1.22 bits per heavy atom. The van der Waals surface area contributed by atoms with Crippen molar-refractivity contribution < 1.29 is 19.1 Å². The minimum atomic E-state index is -0.354. The van der Waals surface area contributed by atoms with E-state index in [-0.39, 0.29) is 18.0 Å². The fourth-order valence-corrected chi connectivity index (χ4v) is 5.18. The number of benzene rings is 2. The molecule has 2 aliphatic rings. The summed E-state index contributed by atoms with van der Waals surface area (Å²) >= 11 is 0. The molecule has 2 aromatic carbocycles. The highest BCUT2D eigenvalue weighted by molar-refractivity contribution is 5.82. The van der Waals surface area contributed by atoms with Crippen molar-refractivity contribution in [3.63, 3.8) is 0 Å². The first-order valence-electron chi connectivity index (χ1n) is 11.7. The molecule has 0 radical (unpaired) electrons. The van der Waals surface area contributed by atoms with Crippen LogP contribution in [0.1, 0.15) is 63.0 Å². The van der Waals surface area contributed by atoms with Crippen molar-refractivity contribution >= 4 is 17.4 Å². The molecule has 1 fully saturated rings. The zero-order valence-electron chi connectivity index (χ0n) is 19.3. The van der Waals surface area contributed by atoms with Gasteiger partial charge < -0.3 is 14.4 Å². The van der Waals surface area contributed by atoms with E-state index in [1.165, 1.54) is 12.5 Å². The summed E-state index contributed by atoms with van der Waals surface area (Å²) in [6.07, 6.45) is 5.11. The SMILES string of the molecule is CC(=O)Oc1cc(OC(C)CCCc2ccccc2)cc2c1C1CC(=O)CCC1CN2C. The summed E-state index contributed by atoms with van der Waals surface area (Å²) in [7, 11) is 2.07. The van der Waals surface area contributed by atoms with Crippen LogP contribution in [0.25, 0.3) is 0 Å². The van der Waals surface area contributed by atoms with E-state index in [4.69, 9.17) is 9.47 Å². The third-order valence-electron chi connectivity index (χ3n) is 6.70. The number of aryl methyl sites for hydroxylation is 1. The quantitative estimate of drug-likeness (QED) is 0.436. The van der Waals surface area contributed by atoms with Crippen LogP contribution < -0.4 is 14.4 Å². The number of hydrogen-bond donors (Lipinski definition) is 0. The molecule has 170 valence electrons. The lowest BCUT2D eigenvalue weighted by molar-refractivity contribution is -0.131. The van der Waals surface area contributed by atoms with E-state index < -0.39 is 0 Å². The Kier molecular flexibility index (Phi) is 6.83. The maximum absolute atomic E-state index is 12.2. The Morgan fingerprint density at radius 3 is 2.75 bits per heavy atom. The van der Waals surface area contributed by atoms with Crippen molar-refractivity contribution in [1.82, 2.24) is 0 Å². The largest absolute Gasteiger partial charge is 0.491 e. The third-order valence-corrected chi connectivity index (χ3v) is 6.70. The molecule has 4 rings (SSSR count). The zero-order chi connectivity index (χ0) is 22.7. The molecule has 0 aromatic heterocycles. The van der Waals surface area contributed by atoms with E-state index in [0.29, 0.717) is 36.0 Å². The lowest BCUT2D eigenvalue weighted by Crippen LogP contribution is -2.39. The highest BCUT2D eigenvalue weighted by Crippen LogP contribution is 2.50. The van der Waals surface area contributed by atoms with Gasteiger partial charge in [0.2, 0.25) is 0 Å². The van der Waals surface area contributed by atoms with Crippen LogP contribution in [0.4, 0.5) is 5.69 Å². The maximum Gasteiger partial charge on any atom is 0.308 e. The summed E-state index contributed by atoms with van der Waals surface area (Å²) in [6.45, 7) is 4.40. The van der Waals surface area contributed by atoms with Crippen molar-refractivity contribution in [2.24, 2.45) is 5.92 Å². The van der Waals surface area contributed by atoms with Crippen LogP contribution >= 0.6 is 0 Å². The lowest BCUT2D eigenvalue weighted by atomic mass is 9.71. The second-order valence-corrected chi connectivity index (χ2v) is 9.28. The number of rotatable bonds is 7. The Balaban J connectivity index is 1.52. The van der Waals surface area contributed by atoms with Crippen molar-refractivity contribution in [1.29, 1.82) is 0 Å². The highest BCUT2D eigenvalue weighted by atomic mass is 16.5. The van der Waals surface area contributed by atoms with Gasteiger partial charge in [0.1, 0.15) is 17.3 Å². The normalized spacial score (nSPS) is 20.8. The van der Waals surface area contributed by atoms with Crippen LogP contribution in [0.2, 0.25) is 0 Å². The summed E-state index contributed by atoms with van der Waals surface area (Å²) in [5.41, 5.74) is 3.33. The van der Waals surface area contributed by atoms with E-state index >= 15 is 0 Å². The van der Waals surface area contributed by atoms with Gasteiger partial charge in [-0.05, 0) is 44.1 Å². The number of carbonyl (C=O) groups is 2. The molecule has 1 heterocycles. The molecule has 2 aromatic rings. The Bertz CT molecular complexity index is 971. The monoisotopic (exact) mass is 435 g/mol. The van der Waals surface area contributed by atoms with Gasteiger partial charge in [-0.25, -0.2) is 0 Å². The van der Waals surface area contributed by atoms with Crippen molar-refractivity contribution in [2.45, 2.75) is 64.4 Å². The standard InChI is InChI=1S/C27H33NO4/c1-18(8-7-11-20-9-5-4-6-10-20)31-23-15-25-27(26(16-23)32-19(2)29)24-14-22(30)13-12-21(24)17-28(25)3/h4-6,9-10,15-16,18,21,24H,7-8,11-14,17H2,1-3H3. The molecule has 3 atom stereocenters. The number of ether oxygens (including phenoxy) is 2. The molecule has 0 N–H and O–H groups in total. The minimum Gasteiger partial charge on any atom is -0.491 e.